The summed E-state index contributed by atoms with van der Waals surface area (Å²) in [6, 6.07) is 3.62. The molecule has 0 saturated carbocycles. The third kappa shape index (κ3) is 7.79. The van der Waals surface area contributed by atoms with Crippen LogP contribution in [-0.2, 0) is 21.0 Å². The molecule has 3 heterocycles. The highest BCUT2D eigenvalue weighted by atomic mass is 32.2. The van der Waals surface area contributed by atoms with Gasteiger partial charge in [-0.1, -0.05) is 52.9 Å². The Morgan fingerprint density at radius 2 is 1.86 bits per heavy atom. The summed E-state index contributed by atoms with van der Waals surface area (Å²) in [5.41, 5.74) is 1.18. The lowest BCUT2D eigenvalue weighted by molar-refractivity contribution is 0.00497. The molecule has 37 heavy (non-hydrogen) atoms. The van der Waals surface area contributed by atoms with E-state index in [1.165, 1.54) is 6.20 Å². The minimum absolute atomic E-state index is 0.0304. The molecule has 2 aromatic rings. The summed E-state index contributed by atoms with van der Waals surface area (Å²) in [5.74, 6) is -0.621. The number of carbonyl (C=O) groups is 1. The van der Waals surface area contributed by atoms with Crippen molar-refractivity contribution < 1.29 is 17.9 Å². The predicted octanol–water partition coefficient (Wildman–Crippen LogP) is 5.30. The number of hydroxylamine groups is 2. The number of esters is 1. The zero-order valence-corrected chi connectivity index (χ0v) is 23.9. The van der Waals surface area contributed by atoms with Gasteiger partial charge in [-0.05, 0) is 54.7 Å². The second-order valence-corrected chi connectivity index (χ2v) is 13.1. The lowest BCUT2D eigenvalue weighted by Gasteiger charge is -2.38. The number of quaternary nitrogens is 1. The van der Waals surface area contributed by atoms with Crippen molar-refractivity contribution in [3.05, 3.63) is 41.0 Å². The van der Waals surface area contributed by atoms with Crippen molar-refractivity contribution in [2.45, 2.75) is 89.0 Å². The molecule has 1 aliphatic rings. The number of thiazole rings is 1. The highest BCUT2D eigenvalue weighted by Gasteiger charge is 2.46. The molecule has 0 N–H and O–H groups in total. The molecule has 2 aromatic heterocycles. The van der Waals surface area contributed by atoms with E-state index >= 15 is 0 Å². The number of sulfone groups is 1. The molecule has 0 amide bonds. The number of carbonyl (C=O) groups excluding carboxylic acids is 1. The Hall–Kier alpha value is -1.92. The Bertz CT molecular complexity index is 1120. The van der Waals surface area contributed by atoms with Gasteiger partial charge in [-0.25, -0.2) is 23.1 Å². The molecule has 1 saturated heterocycles. The van der Waals surface area contributed by atoms with Crippen LogP contribution in [0, 0.1) is 5.21 Å². The molecule has 11 heteroatoms. The van der Waals surface area contributed by atoms with Gasteiger partial charge in [0.15, 0.2) is 9.84 Å². The molecule has 0 radical (unpaired) electrons. The van der Waals surface area contributed by atoms with Crippen LogP contribution >= 0.6 is 11.3 Å². The Labute approximate surface area is 225 Å². The topological polar surface area (TPSA) is 113 Å². The molecule has 206 valence electrons. The highest BCUT2D eigenvalue weighted by Crippen LogP contribution is 2.37. The molecule has 0 bridgehead atoms. The van der Waals surface area contributed by atoms with Gasteiger partial charge >= 0.3 is 5.97 Å². The highest BCUT2D eigenvalue weighted by molar-refractivity contribution is 7.93. The van der Waals surface area contributed by atoms with Crippen LogP contribution in [0.25, 0.3) is 0 Å². The van der Waals surface area contributed by atoms with E-state index in [4.69, 9.17) is 4.74 Å². The Morgan fingerprint density at radius 3 is 2.59 bits per heavy atom. The smallest absolute Gasteiger partial charge is 0.361 e. The van der Waals surface area contributed by atoms with Gasteiger partial charge in [0.2, 0.25) is 0 Å². The predicted molar refractivity (Wildman–Crippen MR) is 147 cm³/mol. The van der Waals surface area contributed by atoms with Gasteiger partial charge in [-0.3, -0.25) is 4.65 Å². The van der Waals surface area contributed by atoms with Crippen molar-refractivity contribution in [3.8, 4) is 0 Å². The zero-order valence-electron chi connectivity index (χ0n) is 22.2. The van der Waals surface area contributed by atoms with Crippen LogP contribution < -0.4 is 4.65 Å². The quantitative estimate of drug-likeness (QED) is 0.127. The first-order valence-electron chi connectivity index (χ1n) is 13.4. The van der Waals surface area contributed by atoms with Crippen LogP contribution in [-0.4, -0.2) is 61.0 Å². The fourth-order valence-electron chi connectivity index (χ4n) is 4.37. The van der Waals surface area contributed by atoms with E-state index in [2.05, 4.69) is 23.8 Å². The van der Waals surface area contributed by atoms with Crippen LogP contribution in [0.15, 0.2) is 28.7 Å². The summed E-state index contributed by atoms with van der Waals surface area (Å²) in [6.45, 7) is 7.21. The van der Waals surface area contributed by atoms with Gasteiger partial charge in [-0.2, -0.15) is 4.98 Å². The number of unbranched alkanes of at least 4 members (excludes halogenated alkanes) is 5. The first-order chi connectivity index (χ1) is 17.7. The third-order valence-electron chi connectivity index (χ3n) is 6.58. The SMILES string of the molecule is CCCCCc1ccnc(C(=O)OC2CN(CCCC)C[N+]2([O-])c2ncc(S(=O)(=O)CCCCC)s2)c1. The fourth-order valence-corrected chi connectivity index (χ4v) is 7.07. The van der Waals surface area contributed by atoms with E-state index in [-0.39, 0.29) is 34.0 Å². The van der Waals surface area contributed by atoms with Crippen molar-refractivity contribution in [3.63, 3.8) is 0 Å². The number of rotatable bonds is 15. The lowest BCUT2D eigenvalue weighted by Crippen LogP contribution is -2.50. The van der Waals surface area contributed by atoms with E-state index < -0.39 is 26.7 Å². The molecule has 9 nitrogen and oxygen atoms in total. The minimum Gasteiger partial charge on any atom is -0.622 e. The van der Waals surface area contributed by atoms with Crippen LogP contribution in [0.5, 0.6) is 0 Å². The number of hydrogen-bond donors (Lipinski definition) is 0. The van der Waals surface area contributed by atoms with Gasteiger partial charge < -0.3 is 9.94 Å². The van der Waals surface area contributed by atoms with Crippen LogP contribution in [0.4, 0.5) is 5.13 Å². The molecule has 2 unspecified atom stereocenters. The summed E-state index contributed by atoms with van der Waals surface area (Å²) in [7, 11) is -3.52. The zero-order chi connectivity index (χ0) is 26.9. The summed E-state index contributed by atoms with van der Waals surface area (Å²) >= 11 is 0.887. The van der Waals surface area contributed by atoms with E-state index in [0.29, 0.717) is 13.0 Å². The third-order valence-corrected chi connectivity index (χ3v) is 10.0. The summed E-state index contributed by atoms with van der Waals surface area (Å²) < 4.78 is 30.4. The van der Waals surface area contributed by atoms with E-state index in [0.717, 1.165) is 68.3 Å². The van der Waals surface area contributed by atoms with Crippen molar-refractivity contribution in [2.24, 2.45) is 0 Å². The van der Waals surface area contributed by atoms with Crippen molar-refractivity contribution >= 4 is 32.3 Å². The van der Waals surface area contributed by atoms with E-state index in [1.807, 2.05) is 17.9 Å². The van der Waals surface area contributed by atoms with Crippen LogP contribution in [0.1, 0.15) is 88.2 Å². The number of pyridine rings is 1. The maximum absolute atomic E-state index is 14.2. The average Bonchev–Trinajstić information content (AvgIpc) is 3.50. The molecular formula is C26H40N4O5S2. The summed E-state index contributed by atoms with van der Waals surface area (Å²) in [5, 5.41) is 14.3. The number of nitrogens with zero attached hydrogens (tertiary/aromatic N) is 4. The minimum atomic E-state index is -3.52. The van der Waals surface area contributed by atoms with Gasteiger partial charge in [0.05, 0.1) is 18.5 Å². The Kier molecular flexibility index (Phi) is 11.0. The summed E-state index contributed by atoms with van der Waals surface area (Å²) in [4.78, 5) is 23.4. The molecule has 1 aliphatic heterocycles. The number of aryl methyl sites for hydroxylation is 1. The Balaban J connectivity index is 1.80. The second-order valence-electron chi connectivity index (χ2n) is 9.72. The first kappa shape index (κ1) is 29.6. The Morgan fingerprint density at radius 1 is 1.14 bits per heavy atom. The number of hydrogen-bond acceptors (Lipinski definition) is 9. The van der Waals surface area contributed by atoms with Crippen LogP contribution in [0.2, 0.25) is 0 Å². The molecule has 0 aromatic carbocycles. The maximum Gasteiger partial charge on any atom is 0.361 e. The first-order valence-corrected chi connectivity index (χ1v) is 15.9. The largest absolute Gasteiger partial charge is 0.622 e. The molecule has 0 spiro atoms. The molecular weight excluding hydrogens is 512 g/mol. The van der Waals surface area contributed by atoms with Gasteiger partial charge in [0.1, 0.15) is 16.6 Å². The number of aromatic nitrogens is 2. The standard InChI is InChI=1S/C26H40N4O5S2/c1-4-7-10-12-21-13-14-27-22(17-21)25(31)35-23-19-29(15-9-6-3)20-30(23,32)26-28-18-24(36-26)37(33,34)16-11-8-5-2/h13-14,17-18,23H,4-12,15-16,19-20H2,1-3H3. The molecule has 1 fully saturated rings. The molecule has 3 rings (SSSR count). The lowest BCUT2D eigenvalue weighted by atomic mass is 10.1. The van der Waals surface area contributed by atoms with E-state index in [9.17, 15) is 18.4 Å². The van der Waals surface area contributed by atoms with Crippen LogP contribution in [0.3, 0.4) is 0 Å². The van der Waals surface area contributed by atoms with E-state index in [1.54, 1.807) is 12.3 Å². The van der Waals surface area contributed by atoms with Gasteiger partial charge in [0, 0.05) is 12.7 Å². The van der Waals surface area contributed by atoms with Gasteiger partial charge in [0.25, 0.3) is 11.4 Å². The monoisotopic (exact) mass is 552 g/mol. The van der Waals surface area contributed by atoms with Gasteiger partial charge in [-0.15, -0.1) is 0 Å². The summed E-state index contributed by atoms with van der Waals surface area (Å²) in [6.07, 6.45) is 10.1. The van der Waals surface area contributed by atoms with Crippen molar-refractivity contribution in [1.29, 1.82) is 0 Å². The molecule has 0 aliphatic carbocycles. The fraction of sp³-hybridized carbons (Fsp3) is 0.654. The van der Waals surface area contributed by atoms with Crippen molar-refractivity contribution in [1.82, 2.24) is 19.5 Å². The normalized spacial score (nSPS) is 20.4. The second kappa shape index (κ2) is 13.7. The maximum atomic E-state index is 14.2. The average molecular weight is 553 g/mol. The molecule has 2 atom stereocenters. The van der Waals surface area contributed by atoms with Crippen molar-refractivity contribution in [2.75, 3.05) is 25.5 Å². The number of ether oxygens (including phenoxy) is 1.